The highest BCUT2D eigenvalue weighted by Crippen LogP contribution is 2.28. The van der Waals surface area contributed by atoms with Gasteiger partial charge in [0.15, 0.2) is 17.5 Å². The van der Waals surface area contributed by atoms with Gasteiger partial charge in [0.2, 0.25) is 0 Å². The number of nitrogens with zero attached hydrogens (tertiary/aromatic N) is 1. The first-order valence-electron chi connectivity index (χ1n) is 9.10. The highest BCUT2D eigenvalue weighted by atomic mass is 127. The van der Waals surface area contributed by atoms with Crippen LogP contribution in [0.3, 0.4) is 0 Å². The van der Waals surface area contributed by atoms with Gasteiger partial charge in [0.1, 0.15) is 11.5 Å². The number of nitrogens with one attached hydrogen (secondary N) is 2. The molecule has 0 saturated heterocycles. The summed E-state index contributed by atoms with van der Waals surface area (Å²) in [5, 5.41) is 6.59. The molecule has 0 aliphatic carbocycles. The van der Waals surface area contributed by atoms with Crippen molar-refractivity contribution in [2.24, 2.45) is 4.99 Å². The summed E-state index contributed by atoms with van der Waals surface area (Å²) < 4.78 is 21.6. The van der Waals surface area contributed by atoms with Crippen molar-refractivity contribution < 1.29 is 18.9 Å². The minimum atomic E-state index is 0. The summed E-state index contributed by atoms with van der Waals surface area (Å²) in [5.74, 6) is 3.66. The van der Waals surface area contributed by atoms with Crippen LogP contribution in [0.5, 0.6) is 23.0 Å². The number of ether oxygens (including phenoxy) is 4. The van der Waals surface area contributed by atoms with Crippen molar-refractivity contribution in [3.8, 4) is 23.0 Å². The molecule has 0 amide bonds. The van der Waals surface area contributed by atoms with Crippen LogP contribution in [0.1, 0.15) is 18.1 Å². The van der Waals surface area contributed by atoms with Crippen LogP contribution < -0.4 is 29.6 Å². The monoisotopic (exact) mass is 515 g/mol. The molecule has 2 aromatic rings. The molecular formula is C21H30IN3O4. The molecule has 8 heteroatoms. The molecule has 0 saturated carbocycles. The first kappa shape index (κ1) is 24.7. The topological polar surface area (TPSA) is 73.3 Å². The van der Waals surface area contributed by atoms with Crippen molar-refractivity contribution in [3.05, 3.63) is 47.5 Å². The highest BCUT2D eigenvalue weighted by Gasteiger charge is 2.08. The molecule has 0 unspecified atom stereocenters. The van der Waals surface area contributed by atoms with Crippen LogP contribution >= 0.6 is 24.0 Å². The zero-order valence-electron chi connectivity index (χ0n) is 17.6. The van der Waals surface area contributed by atoms with Gasteiger partial charge in [-0.15, -0.1) is 24.0 Å². The number of benzene rings is 2. The van der Waals surface area contributed by atoms with E-state index in [1.54, 1.807) is 28.4 Å². The van der Waals surface area contributed by atoms with Crippen molar-refractivity contribution in [3.63, 3.8) is 0 Å². The van der Waals surface area contributed by atoms with Crippen LogP contribution in [0, 0.1) is 0 Å². The predicted molar refractivity (Wildman–Crippen MR) is 126 cm³/mol. The molecule has 2 N–H and O–H groups in total. The lowest BCUT2D eigenvalue weighted by Gasteiger charge is -2.15. The molecule has 0 spiro atoms. The van der Waals surface area contributed by atoms with E-state index in [1.807, 2.05) is 43.3 Å². The third-order valence-electron chi connectivity index (χ3n) is 4.15. The molecule has 0 aliphatic rings. The highest BCUT2D eigenvalue weighted by molar-refractivity contribution is 14.0. The van der Waals surface area contributed by atoms with E-state index >= 15 is 0 Å². The van der Waals surface area contributed by atoms with Crippen molar-refractivity contribution in [1.29, 1.82) is 0 Å². The fraction of sp³-hybridized carbons (Fsp3) is 0.381. The molecule has 2 rings (SSSR count). The van der Waals surface area contributed by atoms with E-state index in [0.717, 1.165) is 28.4 Å². The van der Waals surface area contributed by atoms with Crippen LogP contribution in [0.4, 0.5) is 0 Å². The number of aliphatic imine (C=N–C) groups is 1. The van der Waals surface area contributed by atoms with E-state index in [2.05, 4.69) is 15.6 Å². The molecule has 160 valence electrons. The molecule has 0 heterocycles. The van der Waals surface area contributed by atoms with Crippen LogP contribution in [-0.4, -0.2) is 40.9 Å². The second-order valence-electron chi connectivity index (χ2n) is 5.88. The number of hydrogen-bond acceptors (Lipinski definition) is 5. The molecule has 0 fully saturated rings. The third-order valence-corrected chi connectivity index (χ3v) is 4.15. The van der Waals surface area contributed by atoms with Crippen LogP contribution in [0.2, 0.25) is 0 Å². The number of methoxy groups -OCH3 is 3. The van der Waals surface area contributed by atoms with Crippen molar-refractivity contribution in [2.45, 2.75) is 20.0 Å². The standard InChI is InChI=1S/C21H29N3O4.HI/c1-6-28-18-10-7-15(11-20(18)27-5)13-23-21(22-2)24-14-16-8-9-17(25-3)12-19(16)26-4;/h7-12H,6,13-14H2,1-5H3,(H2,22,23,24);1H. The number of guanidine groups is 1. The lowest BCUT2D eigenvalue weighted by Crippen LogP contribution is -2.36. The smallest absolute Gasteiger partial charge is 0.191 e. The molecular weight excluding hydrogens is 485 g/mol. The Morgan fingerprint density at radius 3 is 2.21 bits per heavy atom. The number of rotatable bonds is 9. The van der Waals surface area contributed by atoms with E-state index < -0.39 is 0 Å². The molecule has 0 aromatic heterocycles. The van der Waals surface area contributed by atoms with Gasteiger partial charge in [-0.05, 0) is 36.8 Å². The minimum Gasteiger partial charge on any atom is -0.497 e. The van der Waals surface area contributed by atoms with E-state index in [4.69, 9.17) is 18.9 Å². The normalized spacial score (nSPS) is 10.6. The maximum atomic E-state index is 5.55. The molecule has 7 nitrogen and oxygen atoms in total. The van der Waals surface area contributed by atoms with Crippen LogP contribution in [0.15, 0.2) is 41.4 Å². The van der Waals surface area contributed by atoms with Crippen LogP contribution in [0.25, 0.3) is 0 Å². The Morgan fingerprint density at radius 2 is 1.59 bits per heavy atom. The summed E-state index contributed by atoms with van der Waals surface area (Å²) in [6.07, 6.45) is 0. The summed E-state index contributed by atoms with van der Waals surface area (Å²) in [6.45, 7) is 3.71. The second-order valence-corrected chi connectivity index (χ2v) is 5.88. The Hall–Kier alpha value is -2.36. The van der Waals surface area contributed by atoms with E-state index in [-0.39, 0.29) is 24.0 Å². The second kappa shape index (κ2) is 13.0. The van der Waals surface area contributed by atoms with Gasteiger partial charge in [-0.25, -0.2) is 0 Å². The summed E-state index contributed by atoms with van der Waals surface area (Å²) >= 11 is 0. The summed E-state index contributed by atoms with van der Waals surface area (Å²) in [5.41, 5.74) is 2.07. The molecule has 0 bridgehead atoms. The third kappa shape index (κ3) is 7.19. The fourth-order valence-corrected chi connectivity index (χ4v) is 2.68. The molecule has 29 heavy (non-hydrogen) atoms. The molecule has 2 aromatic carbocycles. The predicted octanol–water partition coefficient (Wildman–Crippen LogP) is 3.59. The average molecular weight is 515 g/mol. The molecule has 0 radical (unpaired) electrons. The van der Waals surface area contributed by atoms with Crippen LogP contribution in [-0.2, 0) is 13.1 Å². The van der Waals surface area contributed by atoms with E-state index in [0.29, 0.717) is 31.4 Å². The SMILES string of the molecule is CCOc1ccc(CNC(=NC)NCc2ccc(OC)cc2OC)cc1OC.I. The Kier molecular flexibility index (Phi) is 11.0. The van der Waals surface area contributed by atoms with Gasteiger partial charge < -0.3 is 29.6 Å². The first-order valence-corrected chi connectivity index (χ1v) is 9.10. The summed E-state index contributed by atoms with van der Waals surface area (Å²) in [6, 6.07) is 11.6. The van der Waals surface area contributed by atoms with Gasteiger partial charge in [-0.3, -0.25) is 4.99 Å². The van der Waals surface area contributed by atoms with Gasteiger partial charge in [0.25, 0.3) is 0 Å². The van der Waals surface area contributed by atoms with Crippen molar-refractivity contribution in [2.75, 3.05) is 35.0 Å². The number of halogens is 1. The number of hydrogen-bond donors (Lipinski definition) is 2. The Labute approximate surface area is 189 Å². The van der Waals surface area contributed by atoms with Gasteiger partial charge in [0.05, 0.1) is 27.9 Å². The Morgan fingerprint density at radius 1 is 0.862 bits per heavy atom. The van der Waals surface area contributed by atoms with Crippen molar-refractivity contribution >= 4 is 29.9 Å². The lowest BCUT2D eigenvalue weighted by atomic mass is 10.2. The molecule has 0 atom stereocenters. The molecule has 0 aliphatic heterocycles. The Bertz CT molecular complexity index is 799. The zero-order valence-corrected chi connectivity index (χ0v) is 19.9. The van der Waals surface area contributed by atoms with E-state index in [1.165, 1.54) is 0 Å². The van der Waals surface area contributed by atoms with Gasteiger partial charge in [0, 0.05) is 31.8 Å². The largest absolute Gasteiger partial charge is 0.497 e. The average Bonchev–Trinajstić information content (AvgIpc) is 2.74. The van der Waals surface area contributed by atoms with Crippen molar-refractivity contribution in [1.82, 2.24) is 10.6 Å². The van der Waals surface area contributed by atoms with Gasteiger partial charge in [-0.2, -0.15) is 0 Å². The van der Waals surface area contributed by atoms with Gasteiger partial charge >= 0.3 is 0 Å². The van der Waals surface area contributed by atoms with Gasteiger partial charge in [-0.1, -0.05) is 6.07 Å². The summed E-state index contributed by atoms with van der Waals surface area (Å²) in [4.78, 5) is 4.27. The first-order chi connectivity index (χ1) is 13.6. The summed E-state index contributed by atoms with van der Waals surface area (Å²) in [7, 11) is 6.65. The fourth-order valence-electron chi connectivity index (χ4n) is 2.68. The van der Waals surface area contributed by atoms with E-state index in [9.17, 15) is 0 Å². The quantitative estimate of drug-likeness (QED) is 0.302. The minimum absolute atomic E-state index is 0. The maximum absolute atomic E-state index is 5.55. The Balaban J connectivity index is 0.00000420. The maximum Gasteiger partial charge on any atom is 0.191 e. The zero-order chi connectivity index (χ0) is 20.4. The lowest BCUT2D eigenvalue weighted by molar-refractivity contribution is 0.310.